The number of pyridine rings is 1. The molecule has 0 spiro atoms. The molecular weight excluding hydrogens is 998 g/mol. The Hall–Kier alpha value is -5.57. The number of rotatable bonds is 6. The van der Waals surface area contributed by atoms with Gasteiger partial charge in [0.1, 0.15) is 11.6 Å². The van der Waals surface area contributed by atoms with Crippen LogP contribution >= 0.6 is 0 Å². The van der Waals surface area contributed by atoms with E-state index < -0.39 is 103 Å². The predicted octanol–water partition coefficient (Wildman–Crippen LogP) is 16.7. The summed E-state index contributed by atoms with van der Waals surface area (Å²) >= 11 is 0. The monoisotopic (exact) mass is 1090 g/mol. The van der Waals surface area contributed by atoms with Crippen LogP contribution in [0.2, 0.25) is 0 Å². The van der Waals surface area contributed by atoms with E-state index >= 15 is 0 Å². The summed E-state index contributed by atoms with van der Waals surface area (Å²) in [5, 5.41) is 13.2. The maximum Gasteiger partial charge on any atom is 0.148 e. The molecular formula is C62H68N3OPt-. The van der Waals surface area contributed by atoms with Gasteiger partial charge >= 0.3 is 0 Å². The Morgan fingerprint density at radius 1 is 0.537 bits per heavy atom. The van der Waals surface area contributed by atoms with E-state index in [1.54, 1.807) is 66.9 Å². The summed E-state index contributed by atoms with van der Waals surface area (Å²) < 4.78 is 180. The van der Waals surface area contributed by atoms with Crippen molar-refractivity contribution in [2.45, 2.75) is 130 Å². The molecule has 0 radical (unpaired) electrons. The Morgan fingerprint density at radius 3 is 1.82 bits per heavy atom. The van der Waals surface area contributed by atoms with E-state index in [0.29, 0.717) is 33.5 Å². The first-order valence-corrected chi connectivity index (χ1v) is 21.9. The average Bonchev–Trinajstić information content (AvgIpc) is 1.07. The normalized spacial score (nSPS) is 18.2. The predicted molar refractivity (Wildman–Crippen MR) is 280 cm³/mol. The van der Waals surface area contributed by atoms with Gasteiger partial charge in [0.05, 0.1) is 25.0 Å². The van der Waals surface area contributed by atoms with Crippen molar-refractivity contribution >= 4 is 11.0 Å². The molecule has 0 fully saturated rings. The van der Waals surface area contributed by atoms with Crippen molar-refractivity contribution in [1.29, 1.82) is 0 Å². The van der Waals surface area contributed by atoms with E-state index in [4.69, 9.17) is 34.6 Å². The maximum atomic E-state index is 13.2. The number of fused-ring (bicyclic) bond motifs is 1. The molecule has 6 aromatic carbocycles. The van der Waals surface area contributed by atoms with E-state index in [0.717, 1.165) is 27.8 Å². The van der Waals surface area contributed by atoms with Crippen LogP contribution in [0.25, 0.3) is 72.7 Å². The van der Waals surface area contributed by atoms with E-state index in [-0.39, 0.29) is 43.2 Å². The molecule has 348 valence electrons. The number of benzene rings is 6. The summed E-state index contributed by atoms with van der Waals surface area (Å²) in [6.45, 7) is -7.56. The average molecular weight is 1090 g/mol. The van der Waals surface area contributed by atoms with Crippen LogP contribution in [-0.2, 0) is 48.1 Å². The van der Waals surface area contributed by atoms with Crippen LogP contribution < -0.4 is 0 Å². The summed E-state index contributed by atoms with van der Waals surface area (Å²) in [6, 6.07) is 35.2. The minimum atomic E-state index is -4.43. The molecule has 1 N–H and O–H groups in total. The Morgan fingerprint density at radius 2 is 1.18 bits per heavy atom. The second kappa shape index (κ2) is 17.8. The van der Waals surface area contributed by atoms with E-state index in [2.05, 4.69) is 39.0 Å². The molecule has 2 heterocycles. The van der Waals surface area contributed by atoms with Gasteiger partial charge in [0, 0.05) is 68.8 Å². The third-order valence-electron chi connectivity index (χ3n) is 12.0. The fourth-order valence-corrected chi connectivity index (χ4v) is 8.13. The molecule has 0 bridgehead atoms. The number of imidazole rings is 1. The second-order valence-electron chi connectivity index (χ2n) is 20.2. The van der Waals surface area contributed by atoms with Crippen LogP contribution in [-0.4, -0.2) is 19.6 Å². The molecule has 5 heteroatoms. The molecule has 4 nitrogen and oxygen atoms in total. The number of aromatic nitrogens is 3. The summed E-state index contributed by atoms with van der Waals surface area (Å²) in [4.78, 5) is 9.93. The molecule has 0 unspecified atom stereocenters. The Bertz CT molecular complexity index is 3740. The summed E-state index contributed by atoms with van der Waals surface area (Å²) in [5.74, 6) is -2.36. The Labute approximate surface area is 443 Å². The largest absolute Gasteiger partial charge is 0.507 e. The van der Waals surface area contributed by atoms with E-state index in [1.807, 2.05) is 84.0 Å². The standard InChI is InChI=1S/C62H68N3O.Pt/c1-58(2,3)44-26-24-39(25-27-44)41-30-31-63-52(35-41)43-32-42(33-46(34-43)60(7,8)9)48-22-19-23-54-55(48)64-57(50-37-47(61(10,11)12)38-51(56(50)66)62(13,14)15)65(54)53-29-28-45(59(4,5)6)36-49(53)40-20-17-16-18-21-40;/h16-31,33-38,66H,1-15H3;/q-1;/i10D3,11D3,12D3,13D3,14D3,15D3,37D,38D;. The number of hydrogen-bond donors (Lipinski definition) is 1. The Balaban J connectivity index is 0.0000108. The molecule has 0 atom stereocenters. The van der Waals surface area contributed by atoms with Gasteiger partial charge in [-0.1, -0.05) is 199 Å². The fraction of sp³-hybridized carbons (Fsp3) is 0.323. The second-order valence-corrected chi connectivity index (χ2v) is 20.2. The molecule has 8 aromatic rings. The first-order chi connectivity index (χ1) is 39.1. The van der Waals surface area contributed by atoms with Gasteiger partial charge in [-0.15, -0.1) is 29.3 Å². The minimum absolute atomic E-state index is 0. The van der Waals surface area contributed by atoms with Crippen LogP contribution in [0.15, 0.2) is 134 Å². The molecule has 67 heavy (non-hydrogen) atoms. The molecule has 0 saturated carbocycles. The van der Waals surface area contributed by atoms with Crippen LogP contribution in [0.5, 0.6) is 5.75 Å². The topological polar surface area (TPSA) is 50.9 Å². The van der Waals surface area contributed by atoms with Gasteiger partial charge in [0.2, 0.25) is 0 Å². The van der Waals surface area contributed by atoms with Crippen molar-refractivity contribution in [1.82, 2.24) is 14.5 Å². The number of phenolic OH excluding ortho intramolecular Hbond substituents is 1. The number of para-hydroxylation sites is 1. The van der Waals surface area contributed by atoms with Gasteiger partial charge in [0.25, 0.3) is 0 Å². The molecule has 0 aliphatic rings. The zero-order chi connectivity index (χ0) is 64.5. The number of hydrogen-bond acceptors (Lipinski definition) is 3. The maximum absolute atomic E-state index is 13.2. The Kier molecular flexibility index (Phi) is 7.81. The SMILES string of the molecule is [2H]c1c(-c2nc3c(-c4[c-]c(-c5cc(-c6ccc(C(C)(C)C)cc6)ccn5)cc(C(C)(C)C)c4)cccc3n2-c2ccc(C(C)(C)C)cc2-c2ccccc2)c(O)c(C(C([2H])([2H])[2H])(C([2H])([2H])[2H])C([2H])([2H])[2H])c([2H])c1C(C([2H])([2H])[2H])(C([2H])([2H])[2H])C([2H])([2H])[2H].[Pt]. The molecule has 0 aliphatic heterocycles. The van der Waals surface area contributed by atoms with Crippen molar-refractivity contribution in [3.05, 3.63) is 167 Å². The van der Waals surface area contributed by atoms with Gasteiger partial charge in [-0.3, -0.25) is 9.55 Å². The molecule has 0 amide bonds. The van der Waals surface area contributed by atoms with E-state index in [9.17, 15) is 7.85 Å². The van der Waals surface area contributed by atoms with Crippen molar-refractivity contribution in [3.8, 4) is 67.5 Å². The van der Waals surface area contributed by atoms with Gasteiger partial charge in [0.15, 0.2) is 0 Å². The van der Waals surface area contributed by atoms with Crippen LogP contribution in [0.1, 0.15) is 159 Å². The third-order valence-corrected chi connectivity index (χ3v) is 12.0. The number of nitrogens with zero attached hydrogens (tertiary/aromatic N) is 3. The van der Waals surface area contributed by atoms with Crippen molar-refractivity contribution < 1.29 is 53.6 Å². The fourth-order valence-electron chi connectivity index (χ4n) is 8.13. The van der Waals surface area contributed by atoms with Gasteiger partial charge < -0.3 is 5.11 Å². The van der Waals surface area contributed by atoms with Gasteiger partial charge in [-0.2, -0.15) is 0 Å². The van der Waals surface area contributed by atoms with Gasteiger partial charge in [-0.05, 0) is 90.8 Å². The number of aromatic hydroxyl groups is 1. The summed E-state index contributed by atoms with van der Waals surface area (Å²) in [6.07, 6.45) is 1.69. The molecule has 0 saturated heterocycles. The van der Waals surface area contributed by atoms with Gasteiger partial charge in [-0.25, -0.2) is 4.98 Å². The van der Waals surface area contributed by atoms with Crippen molar-refractivity contribution in [2.24, 2.45) is 0 Å². The first-order valence-electron chi connectivity index (χ1n) is 31.9. The third kappa shape index (κ3) is 10.0. The van der Waals surface area contributed by atoms with Crippen LogP contribution in [0.4, 0.5) is 0 Å². The van der Waals surface area contributed by atoms with Crippen LogP contribution in [0.3, 0.4) is 0 Å². The quantitative estimate of drug-likeness (QED) is 0.169. The minimum Gasteiger partial charge on any atom is -0.507 e. The zero-order valence-corrected chi connectivity index (χ0v) is 41.4. The smallest absolute Gasteiger partial charge is 0.148 e. The van der Waals surface area contributed by atoms with Crippen molar-refractivity contribution in [2.75, 3.05) is 0 Å². The summed E-state index contributed by atoms with van der Waals surface area (Å²) in [5.41, 5.74) is -6.98. The van der Waals surface area contributed by atoms with Crippen LogP contribution in [0, 0.1) is 6.07 Å². The number of phenols is 1. The van der Waals surface area contributed by atoms with E-state index in [1.165, 1.54) is 4.57 Å². The molecule has 0 aliphatic carbocycles. The zero-order valence-electron chi connectivity index (χ0n) is 59.2. The summed E-state index contributed by atoms with van der Waals surface area (Å²) in [7, 11) is 0. The van der Waals surface area contributed by atoms with Crippen molar-refractivity contribution in [3.63, 3.8) is 0 Å². The molecule has 8 rings (SSSR count). The molecule has 2 aromatic heterocycles. The first kappa shape index (κ1) is 29.3.